The second kappa shape index (κ2) is 28.0. The predicted octanol–water partition coefficient (Wildman–Crippen LogP) is -0.215. The summed E-state index contributed by atoms with van der Waals surface area (Å²) in [4.78, 5) is 34.7. The van der Waals surface area contributed by atoms with Crippen molar-refractivity contribution >= 4 is 0 Å². The summed E-state index contributed by atoms with van der Waals surface area (Å²) in [5.41, 5.74) is 4.56. The van der Waals surface area contributed by atoms with Crippen LogP contribution in [0.1, 0.15) is 74.1 Å². The van der Waals surface area contributed by atoms with Crippen molar-refractivity contribution in [2.75, 3.05) is 0 Å². The molecule has 2 aromatic heterocycles. The maximum atomic E-state index is 8.25. The molecular formula is C26H46N9O12Yb+2. The van der Waals surface area contributed by atoms with Crippen LogP contribution in [0.5, 0.6) is 0 Å². The third kappa shape index (κ3) is 21.9. The van der Waals surface area contributed by atoms with E-state index in [0.717, 1.165) is 49.0 Å². The molecule has 4 bridgehead atoms. The van der Waals surface area contributed by atoms with Gasteiger partial charge >= 0.3 is 46.9 Å². The molecule has 2 aromatic rings. The SMILES string of the molecule is O.O=[N+]([O-])[O-].O=[N+]([O-])[O-].O=[N+]([O-])[O-].[OH3+].[OH3+].[Yb+3].c1cc2nc(c1)CN[C@@H]1CCCC[C@H]1NCc1cccc(n1)CN[C@@H]1CCCC[C@H]1NC2. The van der Waals surface area contributed by atoms with E-state index in [1.807, 2.05) is 0 Å². The first-order valence-corrected chi connectivity index (χ1v) is 14.3. The molecule has 21 nitrogen and oxygen atoms in total. The smallest absolute Gasteiger partial charge is 0.457 e. The average molecular weight is 850 g/mol. The molecule has 0 unspecified atom stereocenters. The van der Waals surface area contributed by atoms with E-state index < -0.39 is 15.3 Å². The molecule has 4 atom stereocenters. The minimum absolute atomic E-state index is 0. The first kappa shape index (κ1) is 49.5. The summed E-state index contributed by atoms with van der Waals surface area (Å²) in [6, 6.07) is 14.9. The van der Waals surface area contributed by atoms with E-state index in [0.29, 0.717) is 24.2 Å². The van der Waals surface area contributed by atoms with Crippen LogP contribution in [0, 0.1) is 92.9 Å². The number of pyridine rings is 2. The molecule has 0 amide bonds. The molecule has 0 saturated heterocycles. The molecule has 5 rings (SSSR count). The zero-order valence-corrected chi connectivity index (χ0v) is 27.8. The Morgan fingerprint density at radius 3 is 0.875 bits per heavy atom. The second-order valence-corrected chi connectivity index (χ2v) is 10.4. The van der Waals surface area contributed by atoms with Crippen LogP contribution in [0.25, 0.3) is 0 Å². The molecule has 1 radical (unpaired) electrons. The molecule has 2 aliphatic carbocycles. The van der Waals surface area contributed by atoms with E-state index in [9.17, 15) is 0 Å². The molecule has 1 aliphatic heterocycles. The zero-order valence-electron chi connectivity index (χ0n) is 26.1. The summed E-state index contributed by atoms with van der Waals surface area (Å²) in [5, 5.41) is 59.5. The van der Waals surface area contributed by atoms with Crippen molar-refractivity contribution in [3.63, 3.8) is 0 Å². The van der Waals surface area contributed by atoms with Crippen LogP contribution in [0.15, 0.2) is 36.4 Å². The minimum atomic E-state index is -1.75. The molecule has 3 heterocycles. The van der Waals surface area contributed by atoms with Crippen molar-refractivity contribution in [2.45, 2.75) is 102 Å². The van der Waals surface area contributed by atoms with E-state index in [2.05, 4.69) is 57.7 Å². The fourth-order valence-corrected chi connectivity index (χ4v) is 5.63. The molecule has 12 N–H and O–H groups in total. The molecule has 0 aromatic carbocycles. The standard InChI is InChI=1S/C26H38N6.3NO3.3H2O.Yb/c1-2-12-24-23(11-1)27-15-19-7-5-9-21(31-19)17-29-25-13-3-4-14-26(25)30-18-22-10-6-8-20(32-22)16-28-24;3*2-1(3)4;;;;/h5-10,23-30H,1-4,11-18H2;;;;3*1H2;/q;3*-1;;;;+3/p+2/t23-,24-,25-,26-;;;;;;;/m1......./s1. The van der Waals surface area contributed by atoms with Crippen LogP contribution in [0.2, 0.25) is 0 Å². The van der Waals surface area contributed by atoms with Crippen LogP contribution in [0.3, 0.4) is 0 Å². The Labute approximate surface area is 314 Å². The summed E-state index contributed by atoms with van der Waals surface area (Å²) in [7, 11) is 0. The Balaban J connectivity index is -0.00000110. The van der Waals surface area contributed by atoms with Gasteiger partial charge in [0.2, 0.25) is 0 Å². The van der Waals surface area contributed by atoms with Crippen LogP contribution >= 0.6 is 0 Å². The monoisotopic (exact) mass is 850 g/mol. The van der Waals surface area contributed by atoms with E-state index >= 15 is 0 Å². The number of aromatic nitrogens is 2. The number of fused-ring (bicyclic) bond motifs is 6. The van der Waals surface area contributed by atoms with Gasteiger partial charge in [-0.2, -0.15) is 0 Å². The van der Waals surface area contributed by atoms with Gasteiger partial charge in [0, 0.05) is 50.3 Å². The van der Waals surface area contributed by atoms with Crippen molar-refractivity contribution in [1.29, 1.82) is 0 Å². The quantitative estimate of drug-likeness (QED) is 0.151. The largest absolute Gasteiger partial charge is 3.00 e. The van der Waals surface area contributed by atoms with Crippen LogP contribution in [-0.4, -0.2) is 54.9 Å². The van der Waals surface area contributed by atoms with Crippen molar-refractivity contribution in [2.24, 2.45) is 0 Å². The fraction of sp³-hybridized carbons (Fsp3) is 0.615. The van der Waals surface area contributed by atoms with Gasteiger partial charge in [-0.1, -0.05) is 37.8 Å². The van der Waals surface area contributed by atoms with Crippen LogP contribution in [-0.2, 0) is 37.1 Å². The molecule has 2 saturated carbocycles. The summed E-state index contributed by atoms with van der Waals surface area (Å²) in [6.07, 6.45) is 10.1. The maximum Gasteiger partial charge on any atom is 3.00 e. The van der Waals surface area contributed by atoms with Crippen LogP contribution < -0.4 is 21.3 Å². The van der Waals surface area contributed by atoms with Gasteiger partial charge in [0.25, 0.3) is 0 Å². The number of nitrogens with one attached hydrogen (secondary N) is 4. The topological polar surface area (TPSA) is 370 Å². The van der Waals surface area contributed by atoms with E-state index in [4.69, 9.17) is 55.9 Å². The predicted molar refractivity (Wildman–Crippen MR) is 172 cm³/mol. The van der Waals surface area contributed by atoms with Gasteiger partial charge in [-0.15, -0.1) is 0 Å². The maximum absolute atomic E-state index is 8.25. The van der Waals surface area contributed by atoms with E-state index in [1.165, 1.54) is 51.4 Å². The van der Waals surface area contributed by atoms with Crippen molar-refractivity contribution < 1.29 is 78.6 Å². The van der Waals surface area contributed by atoms with Crippen molar-refractivity contribution in [3.05, 3.63) is 105 Å². The van der Waals surface area contributed by atoms with Crippen molar-refractivity contribution in [3.8, 4) is 0 Å². The summed E-state index contributed by atoms with van der Waals surface area (Å²) >= 11 is 0. The molecule has 0 spiro atoms. The van der Waals surface area contributed by atoms with Gasteiger partial charge in [-0.25, -0.2) is 0 Å². The summed E-state index contributed by atoms with van der Waals surface area (Å²) in [5.74, 6) is 0. The summed E-state index contributed by atoms with van der Waals surface area (Å²) < 4.78 is 0. The average Bonchev–Trinajstić information content (AvgIpc) is 2.97. The number of hydrogen-bond acceptors (Lipinski definition) is 15. The first-order chi connectivity index (χ1) is 21.0. The fourth-order valence-electron chi connectivity index (χ4n) is 5.63. The molecule has 2 fully saturated rings. The van der Waals surface area contributed by atoms with Gasteiger partial charge in [-0.05, 0) is 49.9 Å². The molecular weight excluding hydrogens is 803 g/mol. The summed E-state index contributed by atoms with van der Waals surface area (Å²) in [6.45, 7) is 3.33. The number of hydrogen-bond donors (Lipinski definition) is 4. The van der Waals surface area contributed by atoms with Gasteiger partial charge in [0.15, 0.2) is 0 Å². The Hall–Kier alpha value is -2.86. The Bertz CT molecular complexity index is 1020. The third-order valence-corrected chi connectivity index (χ3v) is 7.44. The zero-order chi connectivity index (χ0) is 32.3. The Kier molecular flexibility index (Phi) is 28.9. The normalized spacial score (nSPS) is 21.3. The minimum Gasteiger partial charge on any atom is -0.457 e. The molecule has 48 heavy (non-hydrogen) atoms. The molecule has 22 heteroatoms. The number of rotatable bonds is 0. The third-order valence-electron chi connectivity index (χ3n) is 7.44. The van der Waals surface area contributed by atoms with Crippen molar-refractivity contribution in [1.82, 2.24) is 31.2 Å². The van der Waals surface area contributed by atoms with Crippen LogP contribution in [0.4, 0.5) is 0 Å². The van der Waals surface area contributed by atoms with Gasteiger partial charge < -0.3 is 83.7 Å². The Morgan fingerprint density at radius 2 is 0.688 bits per heavy atom. The van der Waals surface area contributed by atoms with Gasteiger partial charge in [0.1, 0.15) is 0 Å². The van der Waals surface area contributed by atoms with Gasteiger partial charge in [-0.3, -0.25) is 9.97 Å². The van der Waals surface area contributed by atoms with E-state index in [1.54, 1.807) is 0 Å². The molecule has 279 valence electrons. The van der Waals surface area contributed by atoms with E-state index in [-0.39, 0.29) is 63.4 Å². The Morgan fingerprint density at radius 1 is 0.500 bits per heavy atom. The first-order valence-electron chi connectivity index (χ1n) is 14.3. The number of nitrogens with zero attached hydrogens (tertiary/aromatic N) is 5. The van der Waals surface area contributed by atoms with Gasteiger partial charge in [0.05, 0.1) is 38.0 Å². The molecule has 3 aliphatic rings. The second-order valence-electron chi connectivity index (χ2n) is 10.4.